The molecular weight excluding hydrogens is 445 g/mol. The maximum absolute atomic E-state index is 14.8. The van der Waals surface area contributed by atoms with E-state index < -0.39 is 5.67 Å². The van der Waals surface area contributed by atoms with E-state index in [0.29, 0.717) is 40.4 Å². The third-order valence-corrected chi connectivity index (χ3v) is 6.52. The minimum Gasteiger partial charge on any atom is -0.373 e. The Kier molecular flexibility index (Phi) is 5.25. The number of rotatable bonds is 5. The summed E-state index contributed by atoms with van der Waals surface area (Å²) in [5.41, 5.74) is 4.69. The topological polar surface area (TPSA) is 89.9 Å². The van der Waals surface area contributed by atoms with Crippen molar-refractivity contribution in [3.63, 3.8) is 0 Å². The van der Waals surface area contributed by atoms with Crippen molar-refractivity contribution in [2.75, 3.05) is 6.61 Å². The first-order valence-electron chi connectivity index (χ1n) is 11.8. The van der Waals surface area contributed by atoms with E-state index in [4.69, 9.17) is 14.7 Å². The number of aromatic nitrogens is 4. The van der Waals surface area contributed by atoms with Crippen LogP contribution in [0.1, 0.15) is 58.6 Å². The van der Waals surface area contributed by atoms with Gasteiger partial charge in [-0.05, 0) is 73.4 Å². The van der Waals surface area contributed by atoms with Crippen LogP contribution >= 0.6 is 0 Å². The van der Waals surface area contributed by atoms with Crippen LogP contribution in [0, 0.1) is 0 Å². The van der Waals surface area contributed by atoms with Gasteiger partial charge in [0.25, 0.3) is 5.91 Å². The molecule has 0 spiro atoms. The monoisotopic (exact) mass is 469 g/mol. The molecule has 1 amide bonds. The van der Waals surface area contributed by atoms with Crippen molar-refractivity contribution in [2.24, 2.45) is 0 Å². The lowest BCUT2D eigenvalue weighted by molar-refractivity contribution is -0.00467. The number of carbonyl (C=O) groups excluding carboxylic acids is 1. The second-order valence-electron chi connectivity index (χ2n) is 9.40. The zero-order valence-corrected chi connectivity index (χ0v) is 19.3. The van der Waals surface area contributed by atoms with E-state index in [1.807, 2.05) is 30.3 Å². The van der Waals surface area contributed by atoms with Gasteiger partial charge in [-0.25, -0.2) is 9.37 Å². The van der Waals surface area contributed by atoms with Gasteiger partial charge in [0.15, 0.2) is 5.67 Å². The van der Waals surface area contributed by atoms with Gasteiger partial charge in [0.2, 0.25) is 0 Å². The molecule has 0 bridgehead atoms. The molecular formula is C27H24FN5O2. The highest BCUT2D eigenvalue weighted by atomic mass is 19.1. The molecule has 3 aromatic heterocycles. The minimum absolute atomic E-state index is 0.0207. The molecule has 35 heavy (non-hydrogen) atoms. The van der Waals surface area contributed by atoms with Gasteiger partial charge in [-0.15, -0.1) is 5.10 Å². The van der Waals surface area contributed by atoms with Crippen molar-refractivity contribution in [1.29, 1.82) is 0 Å². The Labute approximate surface area is 201 Å². The van der Waals surface area contributed by atoms with Gasteiger partial charge in [-0.1, -0.05) is 12.1 Å². The normalized spacial score (nSPS) is 19.4. The first-order valence-corrected chi connectivity index (χ1v) is 11.8. The summed E-state index contributed by atoms with van der Waals surface area (Å²) in [7, 11) is 0. The maximum Gasteiger partial charge on any atom is 0.251 e. The van der Waals surface area contributed by atoms with Crippen LogP contribution in [0.25, 0.3) is 22.4 Å². The number of alkyl halides is 1. The minimum atomic E-state index is -1.62. The van der Waals surface area contributed by atoms with Gasteiger partial charge in [0, 0.05) is 17.2 Å². The number of halogens is 1. The van der Waals surface area contributed by atoms with Gasteiger partial charge < -0.3 is 10.1 Å². The summed E-state index contributed by atoms with van der Waals surface area (Å²) < 4.78 is 20.1. The van der Waals surface area contributed by atoms with Gasteiger partial charge in [0.1, 0.15) is 5.52 Å². The second kappa shape index (κ2) is 8.46. The summed E-state index contributed by atoms with van der Waals surface area (Å²) in [6, 6.07) is 16.7. The number of nitrogens with zero attached hydrogens (tertiary/aromatic N) is 4. The molecule has 1 aliphatic heterocycles. The quantitative estimate of drug-likeness (QED) is 0.459. The highest BCUT2D eigenvalue weighted by Gasteiger charge is 2.33. The molecule has 0 saturated heterocycles. The zero-order chi connectivity index (χ0) is 24.0. The number of nitrogens with one attached hydrogen (secondary N) is 1. The number of carbonyl (C=O) groups is 1. The van der Waals surface area contributed by atoms with E-state index in [9.17, 15) is 9.18 Å². The van der Waals surface area contributed by atoms with Crippen LogP contribution in [0.2, 0.25) is 0 Å². The predicted octanol–water partition coefficient (Wildman–Crippen LogP) is 4.61. The van der Waals surface area contributed by atoms with Crippen LogP contribution in [0.5, 0.6) is 0 Å². The van der Waals surface area contributed by atoms with Gasteiger partial charge in [-0.2, -0.15) is 5.10 Å². The van der Waals surface area contributed by atoms with E-state index in [0.717, 1.165) is 22.6 Å². The largest absolute Gasteiger partial charge is 0.373 e. The lowest BCUT2D eigenvalue weighted by atomic mass is 9.90. The number of pyridine rings is 2. The van der Waals surface area contributed by atoms with Crippen LogP contribution in [-0.4, -0.2) is 32.7 Å². The van der Waals surface area contributed by atoms with Crippen molar-refractivity contribution in [1.82, 2.24) is 25.5 Å². The SMILES string of the molecule is C[C@@]1(F)COCc2ccc(C(=O)NCc3cc4nc(-c5cccc(C6CC6)n5)ccc4nn3)cc21. The Hall–Kier alpha value is -3.78. The number of fused-ring (bicyclic) bond motifs is 2. The molecule has 1 aliphatic carbocycles. The molecule has 1 atom stereocenters. The fraction of sp³-hybridized carbons (Fsp3) is 0.296. The van der Waals surface area contributed by atoms with Crippen molar-refractivity contribution in [2.45, 2.75) is 44.5 Å². The smallest absolute Gasteiger partial charge is 0.251 e. The molecule has 7 nitrogen and oxygen atoms in total. The molecule has 8 heteroatoms. The summed E-state index contributed by atoms with van der Waals surface area (Å²) in [4.78, 5) is 22.3. The summed E-state index contributed by atoms with van der Waals surface area (Å²) in [5, 5.41) is 11.3. The first-order chi connectivity index (χ1) is 17.0. The molecule has 6 rings (SSSR count). The number of benzene rings is 1. The molecule has 1 N–H and O–H groups in total. The van der Waals surface area contributed by atoms with Crippen molar-refractivity contribution >= 4 is 16.9 Å². The number of ether oxygens (including phenoxy) is 1. The molecule has 0 radical (unpaired) electrons. The Morgan fingerprint density at radius 1 is 1.06 bits per heavy atom. The van der Waals surface area contributed by atoms with E-state index in [2.05, 4.69) is 21.6 Å². The third-order valence-electron chi connectivity index (χ3n) is 6.52. The number of amides is 1. The average Bonchev–Trinajstić information content (AvgIpc) is 3.72. The lowest BCUT2D eigenvalue weighted by Gasteiger charge is -2.29. The number of hydrogen-bond donors (Lipinski definition) is 1. The predicted molar refractivity (Wildman–Crippen MR) is 128 cm³/mol. The van der Waals surface area contributed by atoms with Crippen LogP contribution in [0.4, 0.5) is 4.39 Å². The van der Waals surface area contributed by atoms with Gasteiger partial charge in [0.05, 0.1) is 42.4 Å². The van der Waals surface area contributed by atoms with Crippen LogP contribution < -0.4 is 5.32 Å². The molecule has 0 unspecified atom stereocenters. The first kappa shape index (κ1) is 21.7. The third kappa shape index (κ3) is 4.37. The molecule has 1 saturated carbocycles. The number of hydrogen-bond acceptors (Lipinski definition) is 6. The van der Waals surface area contributed by atoms with Crippen LogP contribution in [-0.2, 0) is 23.6 Å². The Morgan fingerprint density at radius 2 is 1.91 bits per heavy atom. The molecule has 2 aliphatic rings. The van der Waals surface area contributed by atoms with Gasteiger partial charge in [-0.3, -0.25) is 9.78 Å². The summed E-state index contributed by atoms with van der Waals surface area (Å²) >= 11 is 0. The highest BCUT2D eigenvalue weighted by molar-refractivity contribution is 5.94. The van der Waals surface area contributed by atoms with Crippen molar-refractivity contribution < 1.29 is 13.9 Å². The lowest BCUT2D eigenvalue weighted by Crippen LogP contribution is -2.30. The molecule has 4 heterocycles. The molecule has 4 aromatic rings. The molecule has 1 fully saturated rings. The standard InChI is InChI=1S/C27H24FN5O2/c1-27(28)15-35-14-18-8-7-17(11-20(18)27)26(34)29-13-19-12-25-24(33-32-19)10-9-23(31-25)22-4-2-3-21(30-22)16-5-6-16/h2-4,7-12,16H,5-6,13-15H2,1H3,(H,29,34)/t27-/m1/s1. The molecule has 176 valence electrons. The Morgan fingerprint density at radius 3 is 2.77 bits per heavy atom. The van der Waals surface area contributed by atoms with E-state index in [-0.39, 0.29) is 19.1 Å². The van der Waals surface area contributed by atoms with Crippen molar-refractivity contribution in [3.8, 4) is 11.4 Å². The fourth-order valence-corrected chi connectivity index (χ4v) is 4.42. The second-order valence-corrected chi connectivity index (χ2v) is 9.40. The van der Waals surface area contributed by atoms with Crippen molar-refractivity contribution in [3.05, 3.63) is 82.7 Å². The molecule has 1 aromatic carbocycles. The van der Waals surface area contributed by atoms with Crippen LogP contribution in [0.3, 0.4) is 0 Å². The van der Waals surface area contributed by atoms with Gasteiger partial charge >= 0.3 is 0 Å². The summed E-state index contributed by atoms with van der Waals surface area (Å²) in [6.45, 7) is 1.97. The van der Waals surface area contributed by atoms with E-state index >= 15 is 0 Å². The van der Waals surface area contributed by atoms with E-state index in [1.165, 1.54) is 19.8 Å². The maximum atomic E-state index is 14.8. The average molecular weight is 470 g/mol. The fourth-order valence-electron chi connectivity index (χ4n) is 4.42. The van der Waals surface area contributed by atoms with E-state index in [1.54, 1.807) is 18.2 Å². The Balaban J connectivity index is 1.20. The van der Waals surface area contributed by atoms with Crippen LogP contribution in [0.15, 0.2) is 54.6 Å². The summed E-state index contributed by atoms with van der Waals surface area (Å²) in [6.07, 6.45) is 2.39. The summed E-state index contributed by atoms with van der Waals surface area (Å²) in [5.74, 6) is 0.262. The highest BCUT2D eigenvalue weighted by Crippen LogP contribution is 2.39. The zero-order valence-electron chi connectivity index (χ0n) is 19.3. The Bertz CT molecular complexity index is 1450.